The predicted molar refractivity (Wildman–Crippen MR) is 120 cm³/mol. The molecule has 6 aliphatic rings. The third-order valence-electron chi connectivity index (χ3n) is 12.0. The molecule has 0 aromatic heterocycles. The van der Waals surface area contributed by atoms with Crippen LogP contribution in [-0.4, -0.2) is 45.7 Å². The summed E-state index contributed by atoms with van der Waals surface area (Å²) in [7, 11) is 0. The van der Waals surface area contributed by atoms with Crippen LogP contribution in [0.25, 0.3) is 0 Å². The average Bonchev–Trinajstić information content (AvgIpc) is 3.17. The first-order chi connectivity index (χ1) is 15.0. The summed E-state index contributed by atoms with van der Waals surface area (Å²) in [6, 6.07) is 0. The number of hydrogen-bond acceptors (Lipinski definition) is 5. The van der Waals surface area contributed by atoms with E-state index in [1.807, 2.05) is 0 Å². The van der Waals surface area contributed by atoms with Crippen molar-refractivity contribution in [3.05, 3.63) is 0 Å². The first-order valence-corrected chi connectivity index (χ1v) is 13.4. The van der Waals surface area contributed by atoms with Gasteiger partial charge in [-0.05, 0) is 84.9 Å². The van der Waals surface area contributed by atoms with Gasteiger partial charge in [0.05, 0.1) is 18.8 Å². The molecule has 0 amide bonds. The summed E-state index contributed by atoms with van der Waals surface area (Å²) in [5.41, 5.74) is 0.253. The summed E-state index contributed by atoms with van der Waals surface area (Å²) in [6.45, 7) is 10.3. The van der Waals surface area contributed by atoms with Gasteiger partial charge in [-0.1, -0.05) is 27.7 Å². The number of aliphatic hydroxyl groups excluding tert-OH is 1. The van der Waals surface area contributed by atoms with Gasteiger partial charge in [0.1, 0.15) is 0 Å². The van der Waals surface area contributed by atoms with Gasteiger partial charge in [0.15, 0.2) is 11.6 Å². The van der Waals surface area contributed by atoms with Crippen molar-refractivity contribution in [2.75, 3.05) is 6.61 Å². The van der Waals surface area contributed by atoms with Crippen molar-refractivity contribution >= 4 is 0 Å². The normalized spacial score (nSPS) is 61.0. The second-order valence-electron chi connectivity index (χ2n) is 13.5. The van der Waals surface area contributed by atoms with Crippen LogP contribution in [0.1, 0.15) is 85.5 Å². The number of aliphatic hydroxyl groups is 3. The van der Waals surface area contributed by atoms with Gasteiger partial charge in [-0.3, -0.25) is 0 Å². The number of ether oxygens (including phenoxy) is 2. The molecule has 32 heavy (non-hydrogen) atoms. The number of rotatable bonds is 0. The second-order valence-corrected chi connectivity index (χ2v) is 13.5. The highest BCUT2D eigenvalue weighted by molar-refractivity contribution is 5.16. The first-order valence-electron chi connectivity index (χ1n) is 13.4. The highest BCUT2D eigenvalue weighted by Gasteiger charge is 2.70. The van der Waals surface area contributed by atoms with Gasteiger partial charge in [-0.2, -0.15) is 0 Å². The maximum atomic E-state index is 11.2. The van der Waals surface area contributed by atoms with E-state index in [1.165, 1.54) is 19.3 Å². The Balaban J connectivity index is 1.27. The molecule has 4 saturated carbocycles. The van der Waals surface area contributed by atoms with Crippen LogP contribution in [0.4, 0.5) is 0 Å². The molecular formula is C27H44O5. The fourth-order valence-corrected chi connectivity index (χ4v) is 10.3. The van der Waals surface area contributed by atoms with Crippen LogP contribution in [0.3, 0.4) is 0 Å². The van der Waals surface area contributed by atoms with Crippen LogP contribution < -0.4 is 0 Å². The van der Waals surface area contributed by atoms with E-state index in [0.29, 0.717) is 48.3 Å². The van der Waals surface area contributed by atoms with Crippen LogP contribution in [0.15, 0.2) is 0 Å². The van der Waals surface area contributed by atoms with Gasteiger partial charge in [-0.15, -0.1) is 0 Å². The molecule has 2 heterocycles. The van der Waals surface area contributed by atoms with E-state index in [9.17, 15) is 15.3 Å². The van der Waals surface area contributed by atoms with Crippen molar-refractivity contribution < 1.29 is 24.8 Å². The highest BCUT2D eigenvalue weighted by Crippen LogP contribution is 2.71. The lowest BCUT2D eigenvalue weighted by molar-refractivity contribution is -0.275. The molecule has 0 aromatic rings. The molecule has 6 fully saturated rings. The van der Waals surface area contributed by atoms with Gasteiger partial charge in [-0.25, -0.2) is 0 Å². The number of fused-ring (bicyclic) bond motifs is 7. The van der Waals surface area contributed by atoms with E-state index < -0.39 is 11.9 Å². The molecule has 3 N–H and O–H groups in total. The Morgan fingerprint density at radius 2 is 1.62 bits per heavy atom. The molecule has 182 valence electrons. The van der Waals surface area contributed by atoms with Crippen molar-refractivity contribution in [3.8, 4) is 0 Å². The van der Waals surface area contributed by atoms with Crippen molar-refractivity contribution in [1.82, 2.24) is 0 Å². The predicted octanol–water partition coefficient (Wildman–Crippen LogP) is 4.08. The molecular weight excluding hydrogens is 404 g/mol. The van der Waals surface area contributed by atoms with Crippen LogP contribution in [0, 0.1) is 52.3 Å². The van der Waals surface area contributed by atoms with E-state index >= 15 is 0 Å². The average molecular weight is 449 g/mol. The summed E-state index contributed by atoms with van der Waals surface area (Å²) < 4.78 is 13.3. The minimum absolute atomic E-state index is 0.00571. The van der Waals surface area contributed by atoms with Crippen molar-refractivity contribution in [2.24, 2.45) is 52.3 Å². The van der Waals surface area contributed by atoms with Gasteiger partial charge >= 0.3 is 0 Å². The lowest BCUT2D eigenvalue weighted by atomic mass is 9.43. The number of hydrogen-bond donors (Lipinski definition) is 3. The molecule has 12 atom stereocenters. The third-order valence-corrected chi connectivity index (χ3v) is 12.0. The topological polar surface area (TPSA) is 79.2 Å². The van der Waals surface area contributed by atoms with Crippen molar-refractivity contribution in [2.45, 2.75) is 109 Å². The Morgan fingerprint density at radius 1 is 0.844 bits per heavy atom. The smallest absolute Gasteiger partial charge is 0.171 e. The second kappa shape index (κ2) is 6.94. The minimum atomic E-state index is -1.61. The summed E-state index contributed by atoms with van der Waals surface area (Å²) in [4.78, 5) is 0. The maximum Gasteiger partial charge on any atom is 0.171 e. The molecule has 0 aromatic carbocycles. The fraction of sp³-hybridized carbons (Fsp3) is 1.00. The molecule has 1 spiro atoms. The summed E-state index contributed by atoms with van der Waals surface area (Å²) in [6.07, 6.45) is 7.96. The Labute approximate surface area is 193 Å². The van der Waals surface area contributed by atoms with Gasteiger partial charge in [0, 0.05) is 25.2 Å². The standard InChI is InChI=1S/C27H44O5/c1-15-5-8-27(31-14-15)16(2)23-22(32-27)12-19-17-11-21(28)20-13-26(29,30)10-9-24(20,3)18(17)6-7-25(19,23)4/h15-23,28-30H,5-14H2,1-4H3/t15-,16+,17-,18+,19+,20-,21?,22+,23+,24-,25+,27-/m1/s1. The zero-order chi connectivity index (χ0) is 22.7. The Bertz CT molecular complexity index is 759. The largest absolute Gasteiger partial charge is 0.393 e. The van der Waals surface area contributed by atoms with E-state index in [2.05, 4.69) is 27.7 Å². The first kappa shape index (κ1) is 22.3. The van der Waals surface area contributed by atoms with E-state index in [-0.39, 0.29) is 28.6 Å². The summed E-state index contributed by atoms with van der Waals surface area (Å²) in [5.74, 6) is 1.26. The van der Waals surface area contributed by atoms with Gasteiger partial charge in [0.25, 0.3) is 0 Å². The van der Waals surface area contributed by atoms with Crippen LogP contribution >= 0.6 is 0 Å². The van der Waals surface area contributed by atoms with Gasteiger partial charge in [0.2, 0.25) is 0 Å². The van der Waals surface area contributed by atoms with Crippen molar-refractivity contribution in [1.29, 1.82) is 0 Å². The van der Waals surface area contributed by atoms with Crippen molar-refractivity contribution in [3.63, 3.8) is 0 Å². The minimum Gasteiger partial charge on any atom is -0.393 e. The Hall–Kier alpha value is -0.200. The molecule has 2 saturated heterocycles. The van der Waals surface area contributed by atoms with Crippen LogP contribution in [0.5, 0.6) is 0 Å². The Morgan fingerprint density at radius 3 is 2.34 bits per heavy atom. The molecule has 4 aliphatic carbocycles. The highest BCUT2D eigenvalue weighted by atomic mass is 16.7. The molecule has 6 rings (SSSR count). The van der Waals surface area contributed by atoms with Crippen LogP contribution in [-0.2, 0) is 9.47 Å². The SMILES string of the molecule is C[C@@H]1CC[C@@]2(OC1)O[C@H]1C[C@H]3[C@@H]4CC(O)[C@H]5CC(O)(O)CC[C@]5(C)[C@H]4CC[C@]3(C)[C@H]1[C@@H]2C. The van der Waals surface area contributed by atoms with Gasteiger partial charge < -0.3 is 24.8 Å². The van der Waals surface area contributed by atoms with E-state index in [0.717, 1.165) is 32.3 Å². The third kappa shape index (κ3) is 2.87. The molecule has 0 radical (unpaired) electrons. The van der Waals surface area contributed by atoms with E-state index in [1.54, 1.807) is 0 Å². The molecule has 5 heteroatoms. The van der Waals surface area contributed by atoms with E-state index in [4.69, 9.17) is 9.47 Å². The summed E-state index contributed by atoms with van der Waals surface area (Å²) >= 11 is 0. The monoisotopic (exact) mass is 448 g/mol. The molecule has 2 aliphatic heterocycles. The quantitative estimate of drug-likeness (QED) is 0.487. The summed E-state index contributed by atoms with van der Waals surface area (Å²) in [5, 5.41) is 31.9. The fourth-order valence-electron chi connectivity index (χ4n) is 10.3. The maximum absolute atomic E-state index is 11.2. The molecule has 1 unspecified atom stereocenters. The zero-order valence-electron chi connectivity index (χ0n) is 20.4. The molecule has 0 bridgehead atoms. The molecule has 5 nitrogen and oxygen atoms in total. The van der Waals surface area contributed by atoms with Crippen LogP contribution in [0.2, 0.25) is 0 Å². The lowest BCUT2D eigenvalue weighted by Gasteiger charge is -2.63. The lowest BCUT2D eigenvalue weighted by Crippen LogP contribution is -2.60. The Kier molecular flexibility index (Phi) is 4.83. The zero-order valence-corrected chi connectivity index (χ0v) is 20.4.